The first-order chi connectivity index (χ1) is 7.85. The van der Waals surface area contributed by atoms with Crippen LogP contribution < -0.4 is 11.1 Å². The Balaban J connectivity index is 2.04. The summed E-state index contributed by atoms with van der Waals surface area (Å²) in [5.41, 5.74) is 5.00. The molecule has 2 rings (SSSR count). The van der Waals surface area contributed by atoms with Crippen molar-refractivity contribution in [2.75, 3.05) is 13.1 Å². The third-order valence-electron chi connectivity index (χ3n) is 4.35. The van der Waals surface area contributed by atoms with E-state index < -0.39 is 12.1 Å². The summed E-state index contributed by atoms with van der Waals surface area (Å²) < 4.78 is 37.7. The molecule has 1 saturated heterocycles. The van der Waals surface area contributed by atoms with Gasteiger partial charge in [0.2, 0.25) is 5.91 Å². The van der Waals surface area contributed by atoms with E-state index in [1.165, 1.54) is 0 Å². The van der Waals surface area contributed by atoms with Gasteiger partial charge >= 0.3 is 6.18 Å². The molecule has 1 unspecified atom stereocenters. The van der Waals surface area contributed by atoms with Crippen molar-refractivity contribution in [3.05, 3.63) is 0 Å². The molecule has 1 heterocycles. The molecule has 1 atom stereocenters. The number of rotatable bonds is 1. The van der Waals surface area contributed by atoms with Gasteiger partial charge in [0.25, 0.3) is 0 Å². The number of carbonyl (C=O) groups excluding carboxylic acids is 1. The molecule has 17 heavy (non-hydrogen) atoms. The first kappa shape index (κ1) is 12.7. The predicted octanol–water partition coefficient (Wildman–Crippen LogP) is 1.43. The molecule has 0 aromatic carbocycles. The fourth-order valence-corrected chi connectivity index (χ4v) is 3.25. The van der Waals surface area contributed by atoms with E-state index in [2.05, 4.69) is 5.32 Å². The third-order valence-corrected chi connectivity index (χ3v) is 4.35. The Labute approximate surface area is 97.9 Å². The van der Waals surface area contributed by atoms with Gasteiger partial charge in [0.05, 0.1) is 11.8 Å². The second kappa shape index (κ2) is 4.15. The fourth-order valence-electron chi connectivity index (χ4n) is 3.25. The molecule has 1 aliphatic heterocycles. The lowest BCUT2D eigenvalue weighted by Gasteiger charge is -2.40. The zero-order valence-electron chi connectivity index (χ0n) is 9.52. The number of nitrogens with one attached hydrogen (secondary N) is 1. The SMILES string of the molecule is NC(=O)C1CNCC12CCC(C(F)(F)F)CC2. The lowest BCUT2D eigenvalue weighted by molar-refractivity contribution is -0.188. The molecule has 98 valence electrons. The van der Waals surface area contributed by atoms with Crippen LogP contribution in [-0.4, -0.2) is 25.2 Å². The first-order valence-electron chi connectivity index (χ1n) is 5.92. The van der Waals surface area contributed by atoms with Gasteiger partial charge in [-0.2, -0.15) is 13.2 Å². The van der Waals surface area contributed by atoms with E-state index in [-0.39, 0.29) is 30.1 Å². The fraction of sp³-hybridized carbons (Fsp3) is 0.909. The Kier molecular flexibility index (Phi) is 3.10. The zero-order chi connectivity index (χ0) is 12.7. The number of halogens is 3. The van der Waals surface area contributed by atoms with Gasteiger partial charge in [-0.15, -0.1) is 0 Å². The van der Waals surface area contributed by atoms with Crippen molar-refractivity contribution in [3.8, 4) is 0 Å². The van der Waals surface area contributed by atoms with Crippen molar-refractivity contribution in [2.24, 2.45) is 23.0 Å². The van der Waals surface area contributed by atoms with Crippen molar-refractivity contribution in [2.45, 2.75) is 31.9 Å². The highest BCUT2D eigenvalue weighted by Gasteiger charge is 2.51. The number of hydrogen-bond acceptors (Lipinski definition) is 2. The molecule has 6 heteroatoms. The highest BCUT2D eigenvalue weighted by atomic mass is 19.4. The van der Waals surface area contributed by atoms with E-state index in [0.717, 1.165) is 0 Å². The van der Waals surface area contributed by atoms with Gasteiger partial charge in [-0.25, -0.2) is 0 Å². The van der Waals surface area contributed by atoms with Crippen LogP contribution in [-0.2, 0) is 4.79 Å². The molecule has 1 amide bonds. The van der Waals surface area contributed by atoms with Crippen LogP contribution in [0, 0.1) is 17.3 Å². The van der Waals surface area contributed by atoms with Crippen LogP contribution >= 0.6 is 0 Å². The van der Waals surface area contributed by atoms with Crippen LogP contribution in [0.25, 0.3) is 0 Å². The monoisotopic (exact) mass is 250 g/mol. The van der Waals surface area contributed by atoms with Gasteiger partial charge in [-0.1, -0.05) is 0 Å². The highest BCUT2D eigenvalue weighted by molar-refractivity contribution is 5.78. The van der Waals surface area contributed by atoms with Gasteiger partial charge in [0, 0.05) is 13.1 Å². The molecule has 3 nitrogen and oxygen atoms in total. The quantitative estimate of drug-likeness (QED) is 0.739. The van der Waals surface area contributed by atoms with Crippen LogP contribution in [0.4, 0.5) is 13.2 Å². The van der Waals surface area contributed by atoms with Crippen molar-refractivity contribution >= 4 is 5.91 Å². The third kappa shape index (κ3) is 2.27. The molecule has 1 saturated carbocycles. The average molecular weight is 250 g/mol. The van der Waals surface area contributed by atoms with Gasteiger partial charge in [-0.05, 0) is 31.1 Å². The maximum Gasteiger partial charge on any atom is 0.391 e. The van der Waals surface area contributed by atoms with E-state index in [1.807, 2.05) is 0 Å². The maximum absolute atomic E-state index is 12.6. The molecule has 1 spiro atoms. The van der Waals surface area contributed by atoms with Crippen molar-refractivity contribution in [3.63, 3.8) is 0 Å². The van der Waals surface area contributed by atoms with Crippen LogP contribution in [0.1, 0.15) is 25.7 Å². The summed E-state index contributed by atoms with van der Waals surface area (Å²) in [5, 5.41) is 3.09. The summed E-state index contributed by atoms with van der Waals surface area (Å²) >= 11 is 0. The predicted molar refractivity (Wildman–Crippen MR) is 56.0 cm³/mol. The summed E-state index contributed by atoms with van der Waals surface area (Å²) in [4.78, 5) is 11.3. The van der Waals surface area contributed by atoms with E-state index >= 15 is 0 Å². The Morgan fingerprint density at radius 2 is 1.88 bits per heavy atom. The van der Waals surface area contributed by atoms with Gasteiger partial charge in [0.1, 0.15) is 0 Å². The van der Waals surface area contributed by atoms with Crippen molar-refractivity contribution in [1.82, 2.24) is 5.32 Å². The Bertz CT molecular complexity index is 308. The molecule has 0 aromatic heterocycles. The number of primary amides is 1. The van der Waals surface area contributed by atoms with Crippen LogP contribution in [0.15, 0.2) is 0 Å². The smallest absolute Gasteiger partial charge is 0.369 e. The maximum atomic E-state index is 12.6. The second-order valence-electron chi connectivity index (χ2n) is 5.26. The lowest BCUT2D eigenvalue weighted by Crippen LogP contribution is -2.43. The standard InChI is InChI=1S/C11H17F3N2O/c12-11(13,14)7-1-3-10(4-2-7)6-16-5-8(10)9(15)17/h7-8,16H,1-6H2,(H2,15,17). The summed E-state index contributed by atoms with van der Waals surface area (Å²) in [6, 6.07) is 0. The van der Waals surface area contributed by atoms with Crippen LogP contribution in [0.2, 0.25) is 0 Å². The van der Waals surface area contributed by atoms with E-state index in [0.29, 0.717) is 25.9 Å². The molecular weight excluding hydrogens is 233 g/mol. The number of alkyl halides is 3. The summed E-state index contributed by atoms with van der Waals surface area (Å²) in [5.74, 6) is -1.90. The Morgan fingerprint density at radius 1 is 1.29 bits per heavy atom. The minimum absolute atomic E-state index is 0.120. The normalized spacial score (nSPS) is 38.5. The molecule has 1 aliphatic carbocycles. The van der Waals surface area contributed by atoms with E-state index in [1.54, 1.807) is 0 Å². The molecular formula is C11H17F3N2O. The molecule has 2 aliphatic rings. The zero-order valence-corrected chi connectivity index (χ0v) is 9.52. The van der Waals surface area contributed by atoms with Crippen LogP contribution in [0.3, 0.4) is 0 Å². The van der Waals surface area contributed by atoms with Gasteiger partial charge in [-0.3, -0.25) is 4.79 Å². The molecule has 0 aromatic rings. The molecule has 0 radical (unpaired) electrons. The summed E-state index contributed by atoms with van der Waals surface area (Å²) in [6.45, 7) is 1.12. The second-order valence-corrected chi connectivity index (χ2v) is 5.26. The molecule has 3 N–H and O–H groups in total. The van der Waals surface area contributed by atoms with Gasteiger partial charge < -0.3 is 11.1 Å². The van der Waals surface area contributed by atoms with E-state index in [4.69, 9.17) is 5.73 Å². The minimum Gasteiger partial charge on any atom is -0.369 e. The number of amides is 1. The molecule has 2 fully saturated rings. The number of nitrogens with two attached hydrogens (primary N) is 1. The van der Waals surface area contributed by atoms with Gasteiger partial charge in [0.15, 0.2) is 0 Å². The van der Waals surface area contributed by atoms with Crippen molar-refractivity contribution in [1.29, 1.82) is 0 Å². The van der Waals surface area contributed by atoms with Crippen LogP contribution in [0.5, 0.6) is 0 Å². The minimum atomic E-state index is -4.10. The van der Waals surface area contributed by atoms with E-state index in [9.17, 15) is 18.0 Å². The number of carbonyl (C=O) groups is 1. The average Bonchev–Trinajstić information content (AvgIpc) is 2.61. The highest BCUT2D eigenvalue weighted by Crippen LogP contribution is 2.49. The Hall–Kier alpha value is -0.780. The molecule has 0 bridgehead atoms. The lowest BCUT2D eigenvalue weighted by atomic mass is 9.65. The largest absolute Gasteiger partial charge is 0.391 e. The number of hydrogen-bond donors (Lipinski definition) is 2. The Morgan fingerprint density at radius 3 is 2.35 bits per heavy atom. The topological polar surface area (TPSA) is 55.1 Å². The summed E-state index contributed by atoms with van der Waals surface area (Å²) in [6.07, 6.45) is -2.98. The summed E-state index contributed by atoms with van der Waals surface area (Å²) in [7, 11) is 0. The first-order valence-corrected chi connectivity index (χ1v) is 5.92. The van der Waals surface area contributed by atoms with Crippen molar-refractivity contribution < 1.29 is 18.0 Å².